The fourth-order valence-electron chi connectivity index (χ4n) is 2.07. The lowest BCUT2D eigenvalue weighted by molar-refractivity contribution is 0.451. The number of H-pyrrole nitrogens is 1. The minimum absolute atomic E-state index is 0.645. The Balaban J connectivity index is 1.92. The normalized spacial score (nSPS) is 11.5. The van der Waals surface area contributed by atoms with Crippen LogP contribution in [-0.4, -0.2) is 11.2 Å². The Hall–Kier alpha value is -2.35. The van der Waals surface area contributed by atoms with Gasteiger partial charge >= 0.3 is 0 Å². The number of aromatic amines is 1. The molecule has 0 unspecified atom stereocenters. The van der Waals surface area contributed by atoms with Crippen molar-refractivity contribution in [3.8, 4) is 0 Å². The summed E-state index contributed by atoms with van der Waals surface area (Å²) in [6.07, 6.45) is 2.93. The van der Waals surface area contributed by atoms with E-state index in [2.05, 4.69) is 26.0 Å². The monoisotopic (exact) mass is 385 g/mol. The lowest BCUT2D eigenvalue weighted by Crippen LogP contribution is -2.04. The van der Waals surface area contributed by atoms with Gasteiger partial charge in [0, 0.05) is 22.7 Å². The molecule has 2 aromatic carbocycles. The number of anilines is 1. The minimum Gasteiger partial charge on any atom is -0.361 e. The lowest BCUT2D eigenvalue weighted by Gasteiger charge is -2.07. The van der Waals surface area contributed by atoms with E-state index < -0.39 is 33.4 Å². The van der Waals surface area contributed by atoms with E-state index in [4.69, 9.17) is 0 Å². The zero-order valence-corrected chi connectivity index (χ0v) is 12.9. The quantitative estimate of drug-likeness (QED) is 0.216. The number of para-hydroxylation sites is 1. The third-order valence-electron chi connectivity index (χ3n) is 3.21. The molecule has 3 nitrogen and oxygen atoms in total. The smallest absolute Gasteiger partial charge is 0.188 e. The summed E-state index contributed by atoms with van der Waals surface area (Å²) in [6.45, 7) is 0. The third-order valence-corrected chi connectivity index (χ3v) is 3.91. The van der Waals surface area contributed by atoms with Crippen LogP contribution >= 0.6 is 15.9 Å². The first-order valence-corrected chi connectivity index (χ1v) is 7.16. The molecule has 1 heterocycles. The van der Waals surface area contributed by atoms with Crippen LogP contribution in [0.3, 0.4) is 0 Å². The summed E-state index contributed by atoms with van der Waals surface area (Å²) in [4.78, 5) is 2.99. The van der Waals surface area contributed by atoms with Gasteiger partial charge in [-0.15, -0.1) is 0 Å². The van der Waals surface area contributed by atoms with E-state index in [0.29, 0.717) is 5.56 Å². The van der Waals surface area contributed by atoms with Crippen molar-refractivity contribution in [2.24, 2.45) is 5.10 Å². The molecule has 8 heteroatoms. The number of hydrogen-bond acceptors (Lipinski definition) is 2. The van der Waals surface area contributed by atoms with Gasteiger partial charge in [-0.1, -0.05) is 18.2 Å². The van der Waals surface area contributed by atoms with Crippen LogP contribution in [0.1, 0.15) is 5.56 Å². The van der Waals surface area contributed by atoms with Gasteiger partial charge in [0.1, 0.15) is 5.69 Å². The second-order valence-corrected chi connectivity index (χ2v) is 5.40. The van der Waals surface area contributed by atoms with Crippen LogP contribution in [0.5, 0.6) is 0 Å². The Labute approximate surface area is 136 Å². The summed E-state index contributed by atoms with van der Waals surface area (Å²) in [5.74, 6) is -6.19. The summed E-state index contributed by atoms with van der Waals surface area (Å²) in [5.41, 5.74) is 2.50. The average Bonchev–Trinajstić information content (AvgIpc) is 2.97. The fraction of sp³-hybridized carbons (Fsp3) is 0. The molecule has 0 atom stereocenters. The largest absolute Gasteiger partial charge is 0.361 e. The Morgan fingerprint density at radius 3 is 2.35 bits per heavy atom. The maximum absolute atomic E-state index is 13.7. The van der Waals surface area contributed by atoms with Crippen LogP contribution in [0.25, 0.3) is 10.9 Å². The van der Waals surface area contributed by atoms with Crippen LogP contribution < -0.4 is 5.43 Å². The van der Waals surface area contributed by atoms with Gasteiger partial charge in [-0.2, -0.15) is 5.10 Å². The number of nitrogens with one attached hydrogen (secondary N) is 2. The standard InChI is InChI=1S/C15H8BrF4N3/c16-10-11(17)13(19)15(14(20)12(10)18)23-22-6-7-5-21-9-4-2-1-3-8(7)9/h1-6,21,23H/b22-6+. The van der Waals surface area contributed by atoms with Crippen molar-refractivity contribution >= 4 is 38.7 Å². The molecule has 0 aliphatic heterocycles. The summed E-state index contributed by atoms with van der Waals surface area (Å²) < 4.78 is 53.3. The molecule has 23 heavy (non-hydrogen) atoms. The van der Waals surface area contributed by atoms with Crippen molar-refractivity contribution in [3.63, 3.8) is 0 Å². The number of hydrazone groups is 1. The third kappa shape index (κ3) is 2.70. The molecule has 0 radical (unpaired) electrons. The molecule has 118 valence electrons. The van der Waals surface area contributed by atoms with Gasteiger partial charge in [-0.25, -0.2) is 17.6 Å². The number of hydrogen-bond donors (Lipinski definition) is 2. The number of nitrogens with zero attached hydrogens (tertiary/aromatic N) is 1. The highest BCUT2D eigenvalue weighted by atomic mass is 79.9. The van der Waals surface area contributed by atoms with Crippen LogP contribution in [-0.2, 0) is 0 Å². The van der Waals surface area contributed by atoms with E-state index in [9.17, 15) is 17.6 Å². The fourth-order valence-corrected chi connectivity index (χ4v) is 2.42. The summed E-state index contributed by atoms with van der Waals surface area (Å²) in [5, 5.41) is 4.48. The SMILES string of the molecule is Fc1c(F)c(N/N=C/c2c[nH]c3ccccc23)c(F)c(F)c1Br. The molecule has 0 saturated carbocycles. The van der Waals surface area contributed by atoms with Gasteiger partial charge < -0.3 is 4.98 Å². The molecule has 0 aliphatic carbocycles. The predicted octanol–water partition coefficient (Wildman–Crippen LogP) is 4.93. The predicted molar refractivity (Wildman–Crippen MR) is 83.5 cm³/mol. The molecular weight excluding hydrogens is 378 g/mol. The molecule has 3 rings (SSSR count). The van der Waals surface area contributed by atoms with Gasteiger partial charge in [-0.05, 0) is 22.0 Å². The van der Waals surface area contributed by atoms with Crippen molar-refractivity contribution in [2.45, 2.75) is 0 Å². The van der Waals surface area contributed by atoms with E-state index >= 15 is 0 Å². The van der Waals surface area contributed by atoms with E-state index in [1.807, 2.05) is 29.7 Å². The number of benzene rings is 2. The molecule has 1 aromatic heterocycles. The van der Waals surface area contributed by atoms with Crippen molar-refractivity contribution in [1.29, 1.82) is 0 Å². The maximum atomic E-state index is 13.7. The molecule has 0 fully saturated rings. The molecule has 0 amide bonds. The van der Waals surface area contributed by atoms with Gasteiger partial charge in [-0.3, -0.25) is 5.43 Å². The zero-order chi connectivity index (χ0) is 16.6. The first kappa shape index (κ1) is 15.5. The number of fused-ring (bicyclic) bond motifs is 1. The Bertz CT molecular complexity index is 891. The molecule has 2 N–H and O–H groups in total. The highest BCUT2D eigenvalue weighted by Crippen LogP contribution is 2.31. The van der Waals surface area contributed by atoms with Crippen molar-refractivity contribution in [2.75, 3.05) is 5.43 Å². The highest BCUT2D eigenvalue weighted by molar-refractivity contribution is 9.10. The second-order valence-electron chi connectivity index (χ2n) is 4.60. The van der Waals surface area contributed by atoms with Gasteiger partial charge in [0.2, 0.25) is 0 Å². The minimum atomic E-state index is -1.56. The van der Waals surface area contributed by atoms with E-state index in [1.54, 1.807) is 6.20 Å². The van der Waals surface area contributed by atoms with Crippen LogP contribution in [0.15, 0.2) is 40.0 Å². The van der Waals surface area contributed by atoms with Crippen molar-refractivity contribution in [1.82, 2.24) is 4.98 Å². The lowest BCUT2D eigenvalue weighted by atomic mass is 10.2. The van der Waals surface area contributed by atoms with Crippen LogP contribution in [0.2, 0.25) is 0 Å². The van der Waals surface area contributed by atoms with Crippen molar-refractivity contribution in [3.05, 3.63) is 63.8 Å². The first-order valence-electron chi connectivity index (χ1n) is 6.37. The number of rotatable bonds is 3. The molecule has 0 saturated heterocycles. The van der Waals surface area contributed by atoms with Crippen LogP contribution in [0, 0.1) is 23.3 Å². The Morgan fingerprint density at radius 1 is 1.00 bits per heavy atom. The van der Waals surface area contributed by atoms with Crippen molar-refractivity contribution < 1.29 is 17.6 Å². The number of halogens is 5. The van der Waals surface area contributed by atoms with Gasteiger partial charge in [0.05, 0.1) is 10.7 Å². The molecule has 0 spiro atoms. The van der Waals surface area contributed by atoms with E-state index in [1.165, 1.54) is 6.21 Å². The first-order chi connectivity index (χ1) is 11.0. The van der Waals surface area contributed by atoms with E-state index in [0.717, 1.165) is 10.9 Å². The summed E-state index contributed by atoms with van der Waals surface area (Å²) >= 11 is 2.44. The molecule has 0 bridgehead atoms. The Kier molecular flexibility index (Phi) is 4.08. The molecular formula is C15H8BrF4N3. The summed E-state index contributed by atoms with van der Waals surface area (Å²) in [6, 6.07) is 7.34. The second kappa shape index (κ2) is 6.04. The van der Waals surface area contributed by atoms with Crippen LogP contribution in [0.4, 0.5) is 23.2 Å². The topological polar surface area (TPSA) is 40.2 Å². The van der Waals surface area contributed by atoms with Gasteiger partial charge in [0.15, 0.2) is 23.3 Å². The highest BCUT2D eigenvalue weighted by Gasteiger charge is 2.23. The molecule has 0 aliphatic rings. The van der Waals surface area contributed by atoms with E-state index in [-0.39, 0.29) is 0 Å². The summed E-state index contributed by atoms with van der Waals surface area (Å²) in [7, 11) is 0. The molecule has 3 aromatic rings. The van der Waals surface area contributed by atoms with Gasteiger partial charge in [0.25, 0.3) is 0 Å². The zero-order valence-electron chi connectivity index (χ0n) is 11.3. The number of aromatic nitrogens is 1. The Morgan fingerprint density at radius 2 is 1.65 bits per heavy atom. The maximum Gasteiger partial charge on any atom is 0.188 e. The average molecular weight is 386 g/mol.